The van der Waals surface area contributed by atoms with Gasteiger partial charge in [-0.05, 0) is 77.0 Å². The van der Waals surface area contributed by atoms with Crippen LogP contribution in [0, 0.1) is 5.92 Å². The molecule has 5 nitrogen and oxygen atoms in total. The van der Waals surface area contributed by atoms with Gasteiger partial charge in [-0.15, -0.1) is 0 Å². The molecular weight excluding hydrogens is 376 g/mol. The predicted molar refractivity (Wildman–Crippen MR) is 109 cm³/mol. The van der Waals surface area contributed by atoms with Gasteiger partial charge in [-0.3, -0.25) is 4.79 Å². The highest BCUT2D eigenvalue weighted by molar-refractivity contribution is 5.78. The highest BCUT2D eigenvalue weighted by Crippen LogP contribution is 2.29. The normalized spacial score (nSPS) is 19.5. The monoisotopic (exact) mass is 411 g/mol. The molecule has 0 aromatic heterocycles. The van der Waals surface area contributed by atoms with Gasteiger partial charge in [0.15, 0.2) is 18.1 Å². The van der Waals surface area contributed by atoms with Crippen LogP contribution in [-0.4, -0.2) is 30.7 Å². The first-order valence-electron chi connectivity index (χ1n) is 10.2. The molecule has 160 valence electrons. The van der Waals surface area contributed by atoms with E-state index >= 15 is 0 Å². The van der Waals surface area contributed by atoms with Gasteiger partial charge < -0.3 is 32.5 Å². The summed E-state index contributed by atoms with van der Waals surface area (Å²) in [6.45, 7) is 11.5. The molecule has 0 aliphatic heterocycles. The fourth-order valence-corrected chi connectivity index (χ4v) is 3.37. The van der Waals surface area contributed by atoms with E-state index < -0.39 is 0 Å². The van der Waals surface area contributed by atoms with Crippen LogP contribution in [-0.2, 0) is 11.3 Å². The van der Waals surface area contributed by atoms with Crippen LogP contribution in [0.1, 0.15) is 65.9 Å². The summed E-state index contributed by atoms with van der Waals surface area (Å²) >= 11 is 0. The number of amides is 1. The van der Waals surface area contributed by atoms with Crippen LogP contribution in [0.4, 0.5) is 0 Å². The third kappa shape index (κ3) is 8.70. The molecule has 2 N–H and O–H groups in total. The number of ether oxygens (including phenoxy) is 2. The lowest BCUT2D eigenvalue weighted by Crippen LogP contribution is -3.00. The summed E-state index contributed by atoms with van der Waals surface area (Å²) in [4.78, 5) is 12.0. The Kier molecular flexibility index (Phi) is 10.1. The van der Waals surface area contributed by atoms with Crippen LogP contribution in [0.15, 0.2) is 18.2 Å². The zero-order valence-corrected chi connectivity index (χ0v) is 18.7. The van der Waals surface area contributed by atoms with Crippen LogP contribution >= 0.6 is 0 Å². The molecule has 1 saturated carbocycles. The van der Waals surface area contributed by atoms with Gasteiger partial charge in [0.25, 0.3) is 5.91 Å². The van der Waals surface area contributed by atoms with Gasteiger partial charge in [-0.1, -0.05) is 13.0 Å². The Balaban J connectivity index is 0.00000392. The molecule has 28 heavy (non-hydrogen) atoms. The largest absolute Gasteiger partial charge is 1.00 e. The summed E-state index contributed by atoms with van der Waals surface area (Å²) in [5.74, 6) is 2.02. The first-order chi connectivity index (χ1) is 12.8. The number of hydrogen-bond donors (Lipinski definition) is 2. The summed E-state index contributed by atoms with van der Waals surface area (Å²) in [7, 11) is 0. The second-order valence-electron chi connectivity index (χ2n) is 8.64. The van der Waals surface area contributed by atoms with Crippen molar-refractivity contribution in [2.45, 2.75) is 78.4 Å². The molecule has 1 fully saturated rings. The van der Waals surface area contributed by atoms with Crippen molar-refractivity contribution in [3.63, 3.8) is 0 Å². The summed E-state index contributed by atoms with van der Waals surface area (Å²) in [5.41, 5.74) is 0.902. The van der Waals surface area contributed by atoms with Crippen LogP contribution in [0.25, 0.3) is 0 Å². The second kappa shape index (κ2) is 11.5. The number of carbonyl (C=O) groups excluding carboxylic acids is 1. The average Bonchev–Trinajstić information content (AvgIpc) is 2.59. The summed E-state index contributed by atoms with van der Waals surface area (Å²) in [5, 5.41) is 6.56. The zero-order valence-electron chi connectivity index (χ0n) is 17.9. The standard InChI is InChI=1S/C22H36N2O3.ClH/c1-6-26-20-13-17(14-23-18-10-7-16(2)8-11-18)9-12-19(20)27-15-21(25)24-22(3,4)5;/h9,12-13,16,18,23H,6-8,10-11,14-15H2,1-5H3,(H,24,25);1H/p-1. The van der Waals surface area contributed by atoms with E-state index in [0.717, 1.165) is 12.5 Å². The van der Waals surface area contributed by atoms with E-state index in [-0.39, 0.29) is 30.5 Å². The molecule has 1 aromatic carbocycles. The fourth-order valence-electron chi connectivity index (χ4n) is 3.37. The van der Waals surface area contributed by atoms with Crippen molar-refractivity contribution in [3.05, 3.63) is 23.8 Å². The van der Waals surface area contributed by atoms with Crippen LogP contribution < -0.4 is 32.5 Å². The molecule has 0 unspecified atom stereocenters. The lowest BCUT2D eigenvalue weighted by atomic mass is 9.87. The molecule has 1 amide bonds. The molecule has 0 saturated heterocycles. The van der Waals surface area contributed by atoms with Gasteiger partial charge >= 0.3 is 0 Å². The molecule has 0 heterocycles. The molecular formula is C22H36ClN2O3-. The van der Waals surface area contributed by atoms with Crippen LogP contribution in [0.3, 0.4) is 0 Å². The number of benzene rings is 1. The van der Waals surface area contributed by atoms with Crippen LogP contribution in [0.2, 0.25) is 0 Å². The minimum Gasteiger partial charge on any atom is -1.00 e. The maximum atomic E-state index is 12.0. The number of nitrogens with one attached hydrogen (secondary N) is 2. The van der Waals surface area contributed by atoms with E-state index in [1.165, 1.54) is 31.2 Å². The summed E-state index contributed by atoms with van der Waals surface area (Å²) in [6.07, 6.45) is 5.13. The molecule has 0 bridgehead atoms. The van der Waals surface area contributed by atoms with Gasteiger partial charge in [0.1, 0.15) is 0 Å². The van der Waals surface area contributed by atoms with Crippen molar-refractivity contribution >= 4 is 5.91 Å². The third-order valence-electron chi connectivity index (χ3n) is 4.79. The van der Waals surface area contributed by atoms with Gasteiger partial charge in [0.05, 0.1) is 6.61 Å². The van der Waals surface area contributed by atoms with Crippen molar-refractivity contribution in [3.8, 4) is 11.5 Å². The lowest BCUT2D eigenvalue weighted by Gasteiger charge is -2.27. The van der Waals surface area contributed by atoms with E-state index in [2.05, 4.69) is 17.6 Å². The van der Waals surface area contributed by atoms with E-state index in [9.17, 15) is 4.79 Å². The average molecular weight is 412 g/mol. The Labute approximate surface area is 176 Å². The molecule has 2 rings (SSSR count). The zero-order chi connectivity index (χ0) is 19.9. The smallest absolute Gasteiger partial charge is 0.258 e. The van der Waals surface area contributed by atoms with Crippen molar-refractivity contribution in [2.24, 2.45) is 5.92 Å². The maximum Gasteiger partial charge on any atom is 0.258 e. The van der Waals surface area contributed by atoms with Gasteiger partial charge in [-0.25, -0.2) is 0 Å². The second-order valence-corrected chi connectivity index (χ2v) is 8.64. The third-order valence-corrected chi connectivity index (χ3v) is 4.79. The van der Waals surface area contributed by atoms with E-state index in [0.29, 0.717) is 24.1 Å². The van der Waals surface area contributed by atoms with Gasteiger partial charge in [-0.2, -0.15) is 0 Å². The highest BCUT2D eigenvalue weighted by Gasteiger charge is 2.18. The minimum atomic E-state index is -0.268. The Morgan fingerprint density at radius 1 is 1.11 bits per heavy atom. The van der Waals surface area contributed by atoms with Crippen molar-refractivity contribution < 1.29 is 26.7 Å². The van der Waals surface area contributed by atoms with E-state index in [1.807, 2.05) is 45.9 Å². The van der Waals surface area contributed by atoms with E-state index in [1.54, 1.807) is 0 Å². The molecule has 0 spiro atoms. The molecule has 0 atom stereocenters. The first-order valence-corrected chi connectivity index (χ1v) is 10.2. The van der Waals surface area contributed by atoms with Crippen molar-refractivity contribution in [1.29, 1.82) is 0 Å². The first kappa shape index (κ1) is 24.6. The summed E-state index contributed by atoms with van der Waals surface area (Å²) < 4.78 is 11.4. The Bertz CT molecular complexity index is 608. The molecule has 1 aliphatic carbocycles. The van der Waals surface area contributed by atoms with Crippen molar-refractivity contribution in [2.75, 3.05) is 13.2 Å². The number of rotatable bonds is 8. The molecule has 6 heteroatoms. The van der Waals surface area contributed by atoms with Gasteiger partial charge in [0.2, 0.25) is 0 Å². The molecule has 0 radical (unpaired) electrons. The summed E-state index contributed by atoms with van der Waals surface area (Å²) in [6, 6.07) is 6.56. The Morgan fingerprint density at radius 3 is 2.39 bits per heavy atom. The fraction of sp³-hybridized carbons (Fsp3) is 0.682. The SMILES string of the molecule is CCOc1cc(CNC2CCC(C)CC2)ccc1OCC(=O)NC(C)(C)C.[Cl-]. The molecule has 1 aliphatic rings. The van der Waals surface area contributed by atoms with E-state index in [4.69, 9.17) is 9.47 Å². The Hall–Kier alpha value is -1.46. The van der Waals surface area contributed by atoms with Crippen molar-refractivity contribution in [1.82, 2.24) is 10.6 Å². The Morgan fingerprint density at radius 2 is 1.79 bits per heavy atom. The minimum absolute atomic E-state index is 0. The van der Waals surface area contributed by atoms with Crippen LogP contribution in [0.5, 0.6) is 11.5 Å². The van der Waals surface area contributed by atoms with Gasteiger partial charge in [0, 0.05) is 18.1 Å². The quantitative estimate of drug-likeness (QED) is 0.671. The topological polar surface area (TPSA) is 59.6 Å². The lowest BCUT2D eigenvalue weighted by molar-refractivity contribution is -0.124. The maximum absolute atomic E-state index is 12.0. The number of carbonyl (C=O) groups is 1. The predicted octanol–water partition coefficient (Wildman–Crippen LogP) is 1.05. The number of hydrogen-bond acceptors (Lipinski definition) is 4. The number of halogens is 1. The highest BCUT2D eigenvalue weighted by atomic mass is 35.5. The molecule has 1 aromatic rings.